The van der Waals surface area contributed by atoms with Crippen molar-refractivity contribution in [1.82, 2.24) is 15.1 Å². The molecule has 4 aliphatic heterocycles. The van der Waals surface area contributed by atoms with Gasteiger partial charge < -0.3 is 25.2 Å². The fraction of sp³-hybridized carbons (Fsp3) is 0.433. The van der Waals surface area contributed by atoms with Crippen molar-refractivity contribution in [2.45, 2.75) is 56.1 Å². The molecule has 202 valence electrons. The molecular weight excluding hydrogens is 516 g/mol. The highest BCUT2D eigenvalue weighted by Gasteiger charge is 2.56. The van der Waals surface area contributed by atoms with Crippen LogP contribution < -0.4 is 15.4 Å². The van der Waals surface area contributed by atoms with Crippen LogP contribution in [0.2, 0.25) is 5.02 Å². The van der Waals surface area contributed by atoms with Crippen LogP contribution in [0.1, 0.15) is 61.3 Å². The third kappa shape index (κ3) is 4.49. The smallest absolute Gasteiger partial charge is 0.320 e. The zero-order chi connectivity index (χ0) is 27.1. The second kappa shape index (κ2) is 10.1. The van der Waals surface area contributed by atoms with Gasteiger partial charge in [0.15, 0.2) is 0 Å². The summed E-state index contributed by atoms with van der Waals surface area (Å²) in [5.41, 5.74) is 1.73. The molecule has 2 atom stereocenters. The number of carbonyl (C=O) groups excluding carboxylic acids is 3. The zero-order valence-corrected chi connectivity index (χ0v) is 22.4. The maximum atomic E-state index is 13.6. The van der Waals surface area contributed by atoms with Crippen molar-refractivity contribution in [3.8, 4) is 18.1 Å². The van der Waals surface area contributed by atoms with Gasteiger partial charge in [-0.05, 0) is 55.2 Å². The minimum atomic E-state index is -1.02. The molecule has 4 aliphatic rings. The fourth-order valence-corrected chi connectivity index (χ4v) is 6.65. The van der Waals surface area contributed by atoms with Crippen LogP contribution in [0.25, 0.3) is 0 Å². The number of carbonyl (C=O) groups is 3. The van der Waals surface area contributed by atoms with Crippen LogP contribution in [0.5, 0.6) is 5.75 Å². The van der Waals surface area contributed by atoms with Crippen LogP contribution in [-0.2, 0) is 15.0 Å². The first-order valence-electron chi connectivity index (χ1n) is 13.6. The van der Waals surface area contributed by atoms with E-state index in [9.17, 15) is 14.4 Å². The molecule has 0 radical (unpaired) electrons. The summed E-state index contributed by atoms with van der Waals surface area (Å²) in [7, 11) is 0. The van der Waals surface area contributed by atoms with Gasteiger partial charge in [0.1, 0.15) is 17.3 Å². The minimum Gasteiger partial charge on any atom is -0.490 e. The van der Waals surface area contributed by atoms with E-state index in [4.69, 9.17) is 22.8 Å². The zero-order valence-electron chi connectivity index (χ0n) is 21.7. The highest BCUT2D eigenvalue weighted by molar-refractivity contribution is 6.31. The van der Waals surface area contributed by atoms with Gasteiger partial charge in [-0.15, -0.1) is 6.42 Å². The van der Waals surface area contributed by atoms with E-state index < -0.39 is 11.5 Å². The molecule has 0 unspecified atom stereocenters. The maximum Gasteiger partial charge on any atom is 0.320 e. The number of likely N-dealkylation sites (tertiary alicyclic amines) is 2. The summed E-state index contributed by atoms with van der Waals surface area (Å²) in [5.74, 6) is 2.94. The number of piperidine rings is 2. The SMILES string of the molecule is C#Cc1ccc(OC2CCN(C(=O)N3CCCC3)CC2)c([C@H]2NC(=O)CC[C@]23C(=O)Nc2cc(Cl)ccc23)c1. The second-order valence-corrected chi connectivity index (χ2v) is 11.2. The van der Waals surface area contributed by atoms with Crippen molar-refractivity contribution < 1.29 is 19.1 Å². The average molecular weight is 547 g/mol. The lowest BCUT2D eigenvalue weighted by molar-refractivity contribution is -0.130. The lowest BCUT2D eigenvalue weighted by Gasteiger charge is -2.41. The number of terminal acetylenes is 1. The number of fused-ring (bicyclic) bond motifs is 2. The Bertz CT molecular complexity index is 1370. The standard InChI is InChI=1S/C30H31ClN4O4/c1-2-19-5-8-25(39-21-10-15-35(16-11-21)29(38)34-13-3-4-14-34)22(17-19)27-30(12-9-26(36)33-27)23-7-6-20(31)18-24(23)32-28(30)37/h1,5-8,17-18,21,27H,3-4,9-16H2,(H,32,37)(H,33,36)/t27-,30-/m1/s1. The molecule has 1 spiro atoms. The normalized spacial score (nSPS) is 24.8. The van der Waals surface area contributed by atoms with E-state index in [0.29, 0.717) is 59.9 Å². The number of hydrogen-bond donors (Lipinski definition) is 2. The number of urea groups is 1. The predicted molar refractivity (Wildman–Crippen MR) is 148 cm³/mol. The lowest BCUT2D eigenvalue weighted by atomic mass is 9.67. The van der Waals surface area contributed by atoms with Gasteiger partial charge in [-0.1, -0.05) is 23.6 Å². The number of halogens is 1. The van der Waals surface area contributed by atoms with Crippen molar-refractivity contribution in [3.05, 3.63) is 58.1 Å². The third-order valence-electron chi connectivity index (χ3n) is 8.53. The van der Waals surface area contributed by atoms with E-state index in [0.717, 1.165) is 31.5 Å². The van der Waals surface area contributed by atoms with Gasteiger partial charge in [0.05, 0.1) is 6.04 Å². The van der Waals surface area contributed by atoms with Crippen molar-refractivity contribution >= 4 is 35.1 Å². The van der Waals surface area contributed by atoms with Crippen molar-refractivity contribution in [3.63, 3.8) is 0 Å². The number of anilines is 1. The molecule has 2 aromatic rings. The molecule has 3 fully saturated rings. The Morgan fingerprint density at radius 2 is 1.79 bits per heavy atom. The Morgan fingerprint density at radius 1 is 1.05 bits per heavy atom. The van der Waals surface area contributed by atoms with Crippen LogP contribution in [0.3, 0.4) is 0 Å². The molecular formula is C30H31ClN4O4. The summed E-state index contributed by atoms with van der Waals surface area (Å²) in [4.78, 5) is 43.1. The number of rotatable bonds is 3. The Labute approximate surface area is 233 Å². The number of nitrogens with one attached hydrogen (secondary N) is 2. The monoisotopic (exact) mass is 546 g/mol. The quantitative estimate of drug-likeness (QED) is 0.564. The van der Waals surface area contributed by atoms with E-state index in [1.165, 1.54) is 0 Å². The summed E-state index contributed by atoms with van der Waals surface area (Å²) >= 11 is 6.22. The summed E-state index contributed by atoms with van der Waals surface area (Å²) in [5, 5.41) is 6.60. The maximum absolute atomic E-state index is 13.6. The highest BCUT2D eigenvalue weighted by atomic mass is 35.5. The largest absolute Gasteiger partial charge is 0.490 e. The van der Waals surface area contributed by atoms with Gasteiger partial charge in [0.2, 0.25) is 11.8 Å². The lowest BCUT2D eigenvalue weighted by Crippen LogP contribution is -2.52. The first-order chi connectivity index (χ1) is 18.9. The van der Waals surface area contributed by atoms with E-state index in [1.807, 2.05) is 34.1 Å². The topological polar surface area (TPSA) is 91.0 Å². The summed E-state index contributed by atoms with van der Waals surface area (Å²) < 4.78 is 6.55. The van der Waals surface area contributed by atoms with Crippen LogP contribution in [0, 0.1) is 12.3 Å². The van der Waals surface area contributed by atoms with E-state index in [2.05, 4.69) is 16.6 Å². The van der Waals surface area contributed by atoms with Crippen LogP contribution in [-0.4, -0.2) is 59.9 Å². The fourth-order valence-electron chi connectivity index (χ4n) is 6.48. The van der Waals surface area contributed by atoms with Gasteiger partial charge in [-0.3, -0.25) is 9.59 Å². The Morgan fingerprint density at radius 3 is 2.54 bits per heavy atom. The molecule has 0 aliphatic carbocycles. The predicted octanol–water partition coefficient (Wildman–Crippen LogP) is 4.22. The Kier molecular flexibility index (Phi) is 6.64. The van der Waals surface area contributed by atoms with Crippen molar-refractivity contribution in [2.24, 2.45) is 0 Å². The molecule has 0 aromatic heterocycles. The molecule has 2 N–H and O–H groups in total. The number of amides is 4. The Balaban J connectivity index is 1.30. The van der Waals surface area contributed by atoms with E-state index >= 15 is 0 Å². The van der Waals surface area contributed by atoms with Gasteiger partial charge in [0.25, 0.3) is 0 Å². The molecule has 4 heterocycles. The Hall–Kier alpha value is -3.70. The number of nitrogens with zero attached hydrogens (tertiary/aromatic N) is 2. The summed E-state index contributed by atoms with van der Waals surface area (Å²) in [6, 6.07) is 10.3. The highest BCUT2D eigenvalue weighted by Crippen LogP contribution is 2.53. The van der Waals surface area contributed by atoms with Gasteiger partial charge in [0, 0.05) is 67.3 Å². The van der Waals surface area contributed by atoms with Crippen LogP contribution in [0.15, 0.2) is 36.4 Å². The first kappa shape index (κ1) is 25.6. The van der Waals surface area contributed by atoms with E-state index in [1.54, 1.807) is 12.1 Å². The minimum absolute atomic E-state index is 0.109. The third-order valence-corrected chi connectivity index (χ3v) is 8.77. The number of hydrogen-bond acceptors (Lipinski definition) is 4. The van der Waals surface area contributed by atoms with Gasteiger partial charge in [-0.25, -0.2) is 4.79 Å². The second-order valence-electron chi connectivity index (χ2n) is 10.8. The molecule has 0 bridgehead atoms. The molecule has 9 heteroatoms. The van der Waals surface area contributed by atoms with Crippen molar-refractivity contribution in [2.75, 3.05) is 31.5 Å². The summed E-state index contributed by atoms with van der Waals surface area (Å²) in [6.45, 7) is 2.91. The molecule has 39 heavy (non-hydrogen) atoms. The molecule has 0 saturated carbocycles. The number of benzene rings is 2. The molecule has 3 saturated heterocycles. The van der Waals surface area contributed by atoms with Crippen LogP contribution >= 0.6 is 11.6 Å². The average Bonchev–Trinajstić information content (AvgIpc) is 3.57. The first-order valence-corrected chi connectivity index (χ1v) is 14.0. The van der Waals surface area contributed by atoms with Gasteiger partial charge in [-0.2, -0.15) is 0 Å². The summed E-state index contributed by atoms with van der Waals surface area (Å²) in [6.07, 6.45) is 9.74. The van der Waals surface area contributed by atoms with Crippen LogP contribution in [0.4, 0.5) is 10.5 Å². The van der Waals surface area contributed by atoms with Crippen molar-refractivity contribution in [1.29, 1.82) is 0 Å². The molecule has 8 nitrogen and oxygen atoms in total. The molecule has 6 rings (SSSR count). The number of ether oxygens (including phenoxy) is 1. The molecule has 4 amide bonds. The van der Waals surface area contributed by atoms with Gasteiger partial charge >= 0.3 is 6.03 Å². The molecule has 2 aromatic carbocycles. The van der Waals surface area contributed by atoms with E-state index in [-0.39, 0.29) is 30.4 Å².